The molecule has 0 aromatic heterocycles. The Labute approximate surface area is 109 Å². The third-order valence-electron chi connectivity index (χ3n) is 3.10. The van der Waals surface area contributed by atoms with Gasteiger partial charge in [0.05, 0.1) is 19.3 Å². The summed E-state index contributed by atoms with van der Waals surface area (Å²) in [6.45, 7) is 6.80. The maximum Gasteiger partial charge on any atom is 0.222 e. The van der Waals surface area contributed by atoms with E-state index in [1.54, 1.807) is 6.92 Å². The van der Waals surface area contributed by atoms with Gasteiger partial charge in [0.1, 0.15) is 5.78 Å². The first kappa shape index (κ1) is 15.1. The van der Waals surface area contributed by atoms with Crippen molar-refractivity contribution in [2.45, 2.75) is 39.2 Å². The number of Topliss-reactive ketones (excluding diaryl/α,β-unsaturated/α-hetero) is 1. The van der Waals surface area contributed by atoms with Gasteiger partial charge in [0.25, 0.3) is 0 Å². The first-order valence-corrected chi connectivity index (χ1v) is 6.73. The van der Waals surface area contributed by atoms with Crippen LogP contribution in [0, 0.1) is 0 Å². The van der Waals surface area contributed by atoms with Crippen LogP contribution >= 0.6 is 0 Å². The Morgan fingerprint density at radius 3 is 2.56 bits per heavy atom. The van der Waals surface area contributed by atoms with Crippen LogP contribution in [0.1, 0.15) is 33.1 Å². The molecule has 0 aliphatic carbocycles. The van der Waals surface area contributed by atoms with E-state index in [4.69, 9.17) is 4.74 Å². The lowest BCUT2D eigenvalue weighted by atomic mass is 10.1. The van der Waals surface area contributed by atoms with E-state index in [0.717, 1.165) is 25.9 Å². The Balaban J connectivity index is 2.05. The lowest BCUT2D eigenvalue weighted by molar-refractivity contribution is -0.133. The Hall–Kier alpha value is -0.940. The highest BCUT2D eigenvalue weighted by Crippen LogP contribution is 2.14. The molecule has 0 radical (unpaired) electrons. The van der Waals surface area contributed by atoms with Crippen LogP contribution < -0.4 is 5.32 Å². The molecular weight excluding hydrogens is 232 g/mol. The summed E-state index contributed by atoms with van der Waals surface area (Å²) in [5, 5.41) is 3.02. The van der Waals surface area contributed by atoms with Crippen molar-refractivity contribution in [1.29, 1.82) is 0 Å². The molecular formula is C13H24N2O3. The second-order valence-electron chi connectivity index (χ2n) is 4.68. The molecule has 1 rings (SSSR count). The van der Waals surface area contributed by atoms with E-state index in [0.29, 0.717) is 26.1 Å². The third-order valence-corrected chi connectivity index (χ3v) is 3.10. The normalized spacial score (nSPS) is 16.9. The zero-order chi connectivity index (χ0) is 13.4. The van der Waals surface area contributed by atoms with Crippen LogP contribution in [0.3, 0.4) is 0 Å². The average molecular weight is 256 g/mol. The molecule has 5 heteroatoms. The number of carbonyl (C=O) groups excluding carboxylic acids is 2. The van der Waals surface area contributed by atoms with Crippen molar-refractivity contribution in [3.63, 3.8) is 0 Å². The topological polar surface area (TPSA) is 58.6 Å². The van der Waals surface area contributed by atoms with E-state index in [2.05, 4.69) is 5.32 Å². The van der Waals surface area contributed by atoms with E-state index < -0.39 is 0 Å². The highest BCUT2D eigenvalue weighted by Gasteiger charge is 2.21. The summed E-state index contributed by atoms with van der Waals surface area (Å²) < 4.78 is 5.71. The summed E-state index contributed by atoms with van der Waals surface area (Å²) in [6, 6.07) is 0. The molecule has 1 heterocycles. The largest absolute Gasteiger partial charge is 0.377 e. The van der Waals surface area contributed by atoms with Crippen LogP contribution in [0.4, 0.5) is 0 Å². The monoisotopic (exact) mass is 256 g/mol. The number of piperidine rings is 1. The second-order valence-corrected chi connectivity index (χ2v) is 4.68. The van der Waals surface area contributed by atoms with Gasteiger partial charge in [-0.05, 0) is 19.8 Å². The molecule has 18 heavy (non-hydrogen) atoms. The van der Waals surface area contributed by atoms with Gasteiger partial charge in [-0.25, -0.2) is 0 Å². The minimum atomic E-state index is 0.140. The van der Waals surface area contributed by atoms with Crippen molar-refractivity contribution in [3.8, 4) is 0 Å². The summed E-state index contributed by atoms with van der Waals surface area (Å²) >= 11 is 0. The fraction of sp³-hybridized carbons (Fsp3) is 0.846. The zero-order valence-electron chi connectivity index (χ0n) is 11.4. The van der Waals surface area contributed by atoms with Crippen LogP contribution in [0.25, 0.3) is 0 Å². The molecule has 104 valence electrons. The van der Waals surface area contributed by atoms with Crippen molar-refractivity contribution < 1.29 is 14.3 Å². The number of ether oxygens (including phenoxy) is 1. The zero-order valence-corrected chi connectivity index (χ0v) is 11.4. The van der Waals surface area contributed by atoms with Crippen LogP contribution in [0.15, 0.2) is 0 Å². The van der Waals surface area contributed by atoms with Crippen LogP contribution in [-0.4, -0.2) is 55.5 Å². The highest BCUT2D eigenvalue weighted by molar-refractivity contribution is 5.77. The van der Waals surface area contributed by atoms with Crippen molar-refractivity contribution in [3.05, 3.63) is 0 Å². The Morgan fingerprint density at radius 2 is 2.00 bits per heavy atom. The fourth-order valence-corrected chi connectivity index (χ4v) is 2.06. The summed E-state index contributed by atoms with van der Waals surface area (Å²) in [5.74, 6) is 0.373. The molecule has 1 aliphatic heterocycles. The predicted molar refractivity (Wildman–Crippen MR) is 69.4 cm³/mol. The van der Waals surface area contributed by atoms with E-state index in [1.807, 2.05) is 11.8 Å². The Kier molecular flexibility index (Phi) is 6.90. The first-order chi connectivity index (χ1) is 8.63. The minimum absolute atomic E-state index is 0.140. The SMILES string of the molecule is CCC(=O)N1CCC(OCCNCC(C)=O)CC1. The minimum Gasteiger partial charge on any atom is -0.377 e. The summed E-state index contributed by atoms with van der Waals surface area (Å²) in [4.78, 5) is 24.1. The van der Waals surface area contributed by atoms with Crippen molar-refractivity contribution >= 4 is 11.7 Å². The van der Waals surface area contributed by atoms with E-state index in [1.165, 1.54) is 0 Å². The van der Waals surface area contributed by atoms with Gasteiger partial charge in [-0.3, -0.25) is 9.59 Å². The average Bonchev–Trinajstić information content (AvgIpc) is 2.38. The number of hydrogen-bond donors (Lipinski definition) is 1. The van der Waals surface area contributed by atoms with E-state index in [9.17, 15) is 9.59 Å². The van der Waals surface area contributed by atoms with Gasteiger partial charge in [0.15, 0.2) is 0 Å². The number of nitrogens with zero attached hydrogens (tertiary/aromatic N) is 1. The molecule has 1 amide bonds. The number of likely N-dealkylation sites (tertiary alicyclic amines) is 1. The lowest BCUT2D eigenvalue weighted by Crippen LogP contribution is -2.41. The Bertz CT molecular complexity index is 273. The van der Waals surface area contributed by atoms with Gasteiger partial charge in [0.2, 0.25) is 5.91 Å². The smallest absolute Gasteiger partial charge is 0.222 e. The van der Waals surface area contributed by atoms with E-state index in [-0.39, 0.29) is 17.8 Å². The maximum absolute atomic E-state index is 11.5. The molecule has 0 unspecified atom stereocenters. The second kappa shape index (κ2) is 8.21. The number of hydrogen-bond acceptors (Lipinski definition) is 4. The predicted octanol–water partition coefficient (Wildman–Crippen LogP) is 0.583. The summed E-state index contributed by atoms with van der Waals surface area (Å²) in [7, 11) is 0. The molecule has 0 aromatic carbocycles. The molecule has 0 saturated carbocycles. The molecule has 1 aliphatic rings. The van der Waals surface area contributed by atoms with Gasteiger partial charge in [-0.2, -0.15) is 0 Å². The van der Waals surface area contributed by atoms with Crippen molar-refractivity contribution in [2.24, 2.45) is 0 Å². The van der Waals surface area contributed by atoms with Gasteiger partial charge >= 0.3 is 0 Å². The molecule has 1 saturated heterocycles. The van der Waals surface area contributed by atoms with Crippen LogP contribution in [0.2, 0.25) is 0 Å². The first-order valence-electron chi connectivity index (χ1n) is 6.73. The van der Waals surface area contributed by atoms with Crippen molar-refractivity contribution in [1.82, 2.24) is 10.2 Å². The highest BCUT2D eigenvalue weighted by atomic mass is 16.5. The molecule has 0 spiro atoms. The Morgan fingerprint density at radius 1 is 1.33 bits per heavy atom. The molecule has 1 fully saturated rings. The molecule has 5 nitrogen and oxygen atoms in total. The number of nitrogens with one attached hydrogen (secondary N) is 1. The lowest BCUT2D eigenvalue weighted by Gasteiger charge is -2.31. The third kappa shape index (κ3) is 5.60. The molecule has 0 aromatic rings. The fourth-order valence-electron chi connectivity index (χ4n) is 2.06. The van der Waals surface area contributed by atoms with Crippen LogP contribution in [-0.2, 0) is 14.3 Å². The summed E-state index contributed by atoms with van der Waals surface area (Å²) in [6.07, 6.45) is 2.67. The standard InChI is InChI=1S/C13H24N2O3/c1-3-13(17)15-7-4-12(5-8-15)18-9-6-14-10-11(2)16/h12,14H,3-10H2,1-2H3. The quantitative estimate of drug-likeness (QED) is 0.677. The van der Waals surface area contributed by atoms with Gasteiger partial charge in [-0.15, -0.1) is 0 Å². The number of carbonyl (C=O) groups is 2. The number of ketones is 1. The van der Waals surface area contributed by atoms with Gasteiger partial charge in [-0.1, -0.05) is 6.92 Å². The number of amides is 1. The number of rotatable bonds is 7. The van der Waals surface area contributed by atoms with Crippen LogP contribution in [0.5, 0.6) is 0 Å². The summed E-state index contributed by atoms with van der Waals surface area (Å²) in [5.41, 5.74) is 0. The molecule has 1 N–H and O–H groups in total. The van der Waals surface area contributed by atoms with Gasteiger partial charge in [0, 0.05) is 26.1 Å². The van der Waals surface area contributed by atoms with E-state index >= 15 is 0 Å². The molecule has 0 bridgehead atoms. The molecule has 0 atom stereocenters. The maximum atomic E-state index is 11.5. The van der Waals surface area contributed by atoms with Crippen molar-refractivity contribution in [2.75, 3.05) is 32.8 Å². The van der Waals surface area contributed by atoms with Gasteiger partial charge < -0.3 is 15.0 Å².